The van der Waals surface area contributed by atoms with Gasteiger partial charge in [0.05, 0.1) is 18.1 Å². The number of sulfone groups is 1. The van der Waals surface area contributed by atoms with E-state index in [-0.39, 0.29) is 29.0 Å². The Morgan fingerprint density at radius 1 is 1.30 bits per heavy atom. The van der Waals surface area contributed by atoms with Crippen LogP contribution >= 0.6 is 0 Å². The number of ether oxygens (including phenoxy) is 1. The summed E-state index contributed by atoms with van der Waals surface area (Å²) >= 11 is 0. The Labute approximate surface area is 139 Å². The Morgan fingerprint density at radius 2 is 2.04 bits per heavy atom. The normalized spacial score (nSPS) is 16.3. The SMILES string of the molecule is CCCCS(=O)(=O)C[C@H](CC)c1ccc(F)c(OCC2CC2)c1. The first kappa shape index (κ1) is 18.2. The molecular formula is C18H27FO3S. The molecule has 1 aliphatic rings. The van der Waals surface area contributed by atoms with E-state index < -0.39 is 9.84 Å². The highest BCUT2D eigenvalue weighted by Crippen LogP contribution is 2.32. The van der Waals surface area contributed by atoms with Crippen molar-refractivity contribution in [2.75, 3.05) is 18.1 Å². The molecule has 0 heterocycles. The van der Waals surface area contributed by atoms with Crippen LogP contribution < -0.4 is 4.74 Å². The molecule has 1 aliphatic carbocycles. The number of unbranched alkanes of at least 4 members (excludes halogenated alkanes) is 1. The number of halogens is 1. The van der Waals surface area contributed by atoms with E-state index in [1.54, 1.807) is 12.1 Å². The van der Waals surface area contributed by atoms with Crippen LogP contribution in [-0.2, 0) is 9.84 Å². The van der Waals surface area contributed by atoms with Gasteiger partial charge in [-0.1, -0.05) is 26.3 Å². The Bertz CT molecular complexity index is 609. The number of hydrogen-bond acceptors (Lipinski definition) is 3. The number of hydrogen-bond donors (Lipinski definition) is 0. The first-order valence-corrected chi connectivity index (χ1v) is 10.4. The highest BCUT2D eigenvalue weighted by atomic mass is 32.2. The van der Waals surface area contributed by atoms with Gasteiger partial charge in [0, 0.05) is 0 Å². The lowest BCUT2D eigenvalue weighted by Gasteiger charge is -2.17. The Morgan fingerprint density at radius 3 is 2.65 bits per heavy atom. The van der Waals surface area contributed by atoms with Gasteiger partial charge in [0.25, 0.3) is 0 Å². The van der Waals surface area contributed by atoms with Crippen LogP contribution in [0.25, 0.3) is 0 Å². The molecule has 1 saturated carbocycles. The van der Waals surface area contributed by atoms with Crippen LogP contribution in [0.2, 0.25) is 0 Å². The van der Waals surface area contributed by atoms with Crippen molar-refractivity contribution in [1.82, 2.24) is 0 Å². The van der Waals surface area contributed by atoms with E-state index in [1.807, 2.05) is 13.8 Å². The van der Waals surface area contributed by atoms with Crippen LogP contribution in [-0.4, -0.2) is 26.5 Å². The predicted molar refractivity (Wildman–Crippen MR) is 91.2 cm³/mol. The summed E-state index contributed by atoms with van der Waals surface area (Å²) in [6.45, 7) is 4.50. The van der Waals surface area contributed by atoms with E-state index in [9.17, 15) is 12.8 Å². The second kappa shape index (κ2) is 8.13. The van der Waals surface area contributed by atoms with Crippen LogP contribution in [0.1, 0.15) is 57.4 Å². The van der Waals surface area contributed by atoms with Crippen molar-refractivity contribution in [3.63, 3.8) is 0 Å². The summed E-state index contributed by atoms with van der Waals surface area (Å²) in [5.41, 5.74) is 0.847. The standard InChI is InChI=1S/C18H27FO3S/c1-3-5-10-23(20,21)13-15(4-2)16-8-9-17(19)18(11-16)22-12-14-6-7-14/h8-9,11,14-15H,3-7,10,12-13H2,1-2H3/t15-/m0/s1. The average Bonchev–Trinajstić information content (AvgIpc) is 3.34. The van der Waals surface area contributed by atoms with Gasteiger partial charge in [-0.3, -0.25) is 0 Å². The highest BCUT2D eigenvalue weighted by molar-refractivity contribution is 7.91. The third-order valence-electron chi connectivity index (χ3n) is 4.35. The average molecular weight is 342 g/mol. The highest BCUT2D eigenvalue weighted by Gasteiger charge is 2.24. The lowest BCUT2D eigenvalue weighted by Crippen LogP contribution is -2.17. The second-order valence-corrected chi connectivity index (χ2v) is 8.75. The second-order valence-electron chi connectivity index (χ2n) is 6.52. The number of benzene rings is 1. The molecule has 1 atom stereocenters. The van der Waals surface area contributed by atoms with Gasteiger partial charge in [-0.15, -0.1) is 0 Å². The molecule has 0 unspecified atom stereocenters. The summed E-state index contributed by atoms with van der Waals surface area (Å²) in [5, 5.41) is 0. The van der Waals surface area contributed by atoms with E-state index in [0.717, 1.165) is 24.8 Å². The van der Waals surface area contributed by atoms with Crippen LogP contribution in [0.4, 0.5) is 4.39 Å². The fourth-order valence-corrected chi connectivity index (χ4v) is 4.52. The molecular weight excluding hydrogens is 315 g/mol. The molecule has 3 nitrogen and oxygen atoms in total. The van der Waals surface area contributed by atoms with Crippen LogP contribution in [0.3, 0.4) is 0 Å². The van der Waals surface area contributed by atoms with Gasteiger partial charge in [-0.25, -0.2) is 12.8 Å². The zero-order valence-electron chi connectivity index (χ0n) is 14.1. The molecule has 5 heteroatoms. The molecule has 0 bridgehead atoms. The lowest BCUT2D eigenvalue weighted by atomic mass is 9.98. The molecule has 0 spiro atoms. The predicted octanol–water partition coefficient (Wildman–Crippen LogP) is 4.32. The third kappa shape index (κ3) is 5.79. The molecule has 1 fully saturated rings. The van der Waals surface area contributed by atoms with Gasteiger partial charge in [-0.05, 0) is 55.2 Å². The smallest absolute Gasteiger partial charge is 0.165 e. The van der Waals surface area contributed by atoms with E-state index in [0.29, 0.717) is 25.4 Å². The minimum atomic E-state index is -3.08. The zero-order chi connectivity index (χ0) is 16.9. The third-order valence-corrected chi connectivity index (χ3v) is 6.18. The Hall–Kier alpha value is -1.10. The molecule has 0 amide bonds. The molecule has 130 valence electrons. The fraction of sp³-hybridized carbons (Fsp3) is 0.667. The van der Waals surface area contributed by atoms with Gasteiger partial charge in [-0.2, -0.15) is 0 Å². The first-order chi connectivity index (χ1) is 10.9. The van der Waals surface area contributed by atoms with E-state index >= 15 is 0 Å². The monoisotopic (exact) mass is 342 g/mol. The molecule has 0 N–H and O–H groups in total. The van der Waals surface area contributed by atoms with Crippen molar-refractivity contribution in [2.45, 2.75) is 51.9 Å². The maximum Gasteiger partial charge on any atom is 0.165 e. The molecule has 0 aromatic heterocycles. The quantitative estimate of drug-likeness (QED) is 0.636. The van der Waals surface area contributed by atoms with Crippen molar-refractivity contribution < 1.29 is 17.5 Å². The van der Waals surface area contributed by atoms with E-state index in [4.69, 9.17) is 4.74 Å². The van der Waals surface area contributed by atoms with Crippen LogP contribution in [0.15, 0.2) is 18.2 Å². The van der Waals surface area contributed by atoms with Gasteiger partial charge in [0.1, 0.15) is 0 Å². The lowest BCUT2D eigenvalue weighted by molar-refractivity contribution is 0.285. The Balaban J connectivity index is 2.08. The van der Waals surface area contributed by atoms with Crippen LogP contribution in [0.5, 0.6) is 5.75 Å². The summed E-state index contributed by atoms with van der Waals surface area (Å²) in [4.78, 5) is 0. The van der Waals surface area contributed by atoms with Gasteiger partial charge >= 0.3 is 0 Å². The topological polar surface area (TPSA) is 43.4 Å². The molecule has 0 aliphatic heterocycles. The fourth-order valence-electron chi connectivity index (χ4n) is 2.58. The summed E-state index contributed by atoms with van der Waals surface area (Å²) in [5.74, 6) is 0.663. The Kier molecular flexibility index (Phi) is 6.45. The summed E-state index contributed by atoms with van der Waals surface area (Å²) in [6, 6.07) is 4.75. The van der Waals surface area contributed by atoms with Crippen LogP contribution in [0, 0.1) is 11.7 Å². The minimum absolute atomic E-state index is 0.110. The first-order valence-electron chi connectivity index (χ1n) is 8.57. The van der Waals surface area contributed by atoms with Gasteiger partial charge in [0.15, 0.2) is 21.4 Å². The van der Waals surface area contributed by atoms with Gasteiger partial charge < -0.3 is 4.74 Å². The van der Waals surface area contributed by atoms with Crippen molar-refractivity contribution in [3.05, 3.63) is 29.6 Å². The molecule has 23 heavy (non-hydrogen) atoms. The van der Waals surface area contributed by atoms with Crippen molar-refractivity contribution in [3.8, 4) is 5.75 Å². The maximum absolute atomic E-state index is 13.9. The zero-order valence-corrected chi connectivity index (χ0v) is 14.9. The van der Waals surface area contributed by atoms with E-state index in [2.05, 4.69) is 0 Å². The maximum atomic E-state index is 13.9. The van der Waals surface area contributed by atoms with Crippen molar-refractivity contribution in [1.29, 1.82) is 0 Å². The molecule has 1 aromatic rings. The summed E-state index contributed by atoms with van der Waals surface area (Å²) in [6.07, 6.45) is 4.56. The van der Waals surface area contributed by atoms with Gasteiger partial charge in [0.2, 0.25) is 0 Å². The molecule has 0 saturated heterocycles. The van der Waals surface area contributed by atoms with E-state index in [1.165, 1.54) is 6.07 Å². The van der Waals surface area contributed by atoms with Crippen molar-refractivity contribution >= 4 is 9.84 Å². The number of rotatable bonds is 10. The molecule has 1 aromatic carbocycles. The van der Waals surface area contributed by atoms with Crippen molar-refractivity contribution in [2.24, 2.45) is 5.92 Å². The summed E-state index contributed by atoms with van der Waals surface area (Å²) in [7, 11) is -3.08. The molecule has 0 radical (unpaired) electrons. The largest absolute Gasteiger partial charge is 0.490 e. The minimum Gasteiger partial charge on any atom is -0.490 e. The molecule has 2 rings (SSSR count). The summed E-state index contributed by atoms with van der Waals surface area (Å²) < 4.78 is 43.8.